The van der Waals surface area contributed by atoms with E-state index in [-0.39, 0.29) is 5.69 Å². The van der Waals surface area contributed by atoms with Crippen LogP contribution in [0.1, 0.15) is 29.8 Å². The fourth-order valence-electron chi connectivity index (χ4n) is 2.44. The third kappa shape index (κ3) is 2.45. The normalized spacial score (nSPS) is 15.7. The Morgan fingerprint density at radius 3 is 2.59 bits per heavy atom. The Morgan fingerprint density at radius 2 is 2.00 bits per heavy atom. The summed E-state index contributed by atoms with van der Waals surface area (Å²) in [4.78, 5) is 25.5. The van der Waals surface area contributed by atoms with Crippen LogP contribution >= 0.6 is 0 Å². The summed E-state index contributed by atoms with van der Waals surface area (Å²) in [6.07, 6.45) is 3.43. The number of methoxy groups -OCH3 is 1. The van der Waals surface area contributed by atoms with Gasteiger partial charge in [0.25, 0.3) is 5.91 Å². The number of ether oxygens (including phenoxy) is 1. The molecule has 1 amide bonds. The van der Waals surface area contributed by atoms with Gasteiger partial charge in [-0.25, -0.2) is 4.79 Å². The first kappa shape index (κ1) is 14.2. The minimum absolute atomic E-state index is 0.166. The number of para-hydroxylation sites is 1. The van der Waals surface area contributed by atoms with Crippen LogP contribution < -0.4 is 5.32 Å². The van der Waals surface area contributed by atoms with Crippen molar-refractivity contribution in [3.05, 3.63) is 42.2 Å². The molecule has 0 atom stereocenters. The van der Waals surface area contributed by atoms with Crippen LogP contribution in [-0.4, -0.2) is 39.5 Å². The molecule has 1 aromatic carbocycles. The Kier molecular flexibility index (Phi) is 3.62. The van der Waals surface area contributed by atoms with Gasteiger partial charge in [0.05, 0.1) is 19.0 Å². The Labute approximate surface area is 127 Å². The SMILES string of the molecule is COC(=O)C1(NC(=O)c2cnn(-c3ccccc3)n2)CCC1. The van der Waals surface area contributed by atoms with E-state index < -0.39 is 17.4 Å². The van der Waals surface area contributed by atoms with Crippen molar-refractivity contribution in [2.45, 2.75) is 24.8 Å². The largest absolute Gasteiger partial charge is 0.467 e. The van der Waals surface area contributed by atoms with Gasteiger partial charge in [-0.2, -0.15) is 9.90 Å². The maximum Gasteiger partial charge on any atom is 0.331 e. The van der Waals surface area contributed by atoms with Crippen molar-refractivity contribution < 1.29 is 14.3 Å². The highest BCUT2D eigenvalue weighted by atomic mass is 16.5. The van der Waals surface area contributed by atoms with Crippen molar-refractivity contribution in [1.29, 1.82) is 0 Å². The summed E-state index contributed by atoms with van der Waals surface area (Å²) in [5, 5.41) is 11.0. The molecule has 7 nitrogen and oxygen atoms in total. The minimum atomic E-state index is -0.914. The number of carbonyl (C=O) groups is 2. The number of nitrogens with zero attached hydrogens (tertiary/aromatic N) is 3. The predicted molar refractivity (Wildman–Crippen MR) is 77.4 cm³/mol. The van der Waals surface area contributed by atoms with Gasteiger partial charge in [0.1, 0.15) is 5.54 Å². The van der Waals surface area contributed by atoms with Crippen molar-refractivity contribution >= 4 is 11.9 Å². The molecule has 0 aliphatic heterocycles. The second-order valence-corrected chi connectivity index (χ2v) is 5.24. The number of esters is 1. The zero-order chi connectivity index (χ0) is 15.6. The zero-order valence-electron chi connectivity index (χ0n) is 12.2. The van der Waals surface area contributed by atoms with Crippen LogP contribution in [0.25, 0.3) is 5.69 Å². The van der Waals surface area contributed by atoms with Crippen LogP contribution in [0.4, 0.5) is 0 Å². The lowest BCUT2D eigenvalue weighted by Crippen LogP contribution is -2.59. The maximum atomic E-state index is 12.3. The average Bonchev–Trinajstić information content (AvgIpc) is 3.01. The molecule has 0 saturated heterocycles. The highest BCUT2D eigenvalue weighted by Gasteiger charge is 2.47. The zero-order valence-corrected chi connectivity index (χ0v) is 12.2. The number of nitrogens with one attached hydrogen (secondary N) is 1. The van der Waals surface area contributed by atoms with Gasteiger partial charge in [-0.15, -0.1) is 5.10 Å². The minimum Gasteiger partial charge on any atom is -0.467 e. The predicted octanol–water partition coefficient (Wildman–Crippen LogP) is 1.09. The van der Waals surface area contributed by atoms with E-state index in [1.165, 1.54) is 18.1 Å². The molecule has 3 rings (SSSR count). The molecule has 2 aromatic rings. The molecule has 22 heavy (non-hydrogen) atoms. The molecule has 1 aliphatic carbocycles. The Bertz CT molecular complexity index is 692. The van der Waals surface area contributed by atoms with Crippen LogP contribution in [0.3, 0.4) is 0 Å². The summed E-state index contributed by atoms with van der Waals surface area (Å²) >= 11 is 0. The number of carbonyl (C=O) groups excluding carboxylic acids is 2. The molecule has 1 fully saturated rings. The molecule has 0 unspecified atom stereocenters. The third-order valence-electron chi connectivity index (χ3n) is 3.85. The molecule has 1 saturated carbocycles. The smallest absolute Gasteiger partial charge is 0.331 e. The van der Waals surface area contributed by atoms with Crippen molar-refractivity contribution in [3.63, 3.8) is 0 Å². The molecule has 1 N–H and O–H groups in total. The van der Waals surface area contributed by atoms with Crippen molar-refractivity contribution in [2.75, 3.05) is 7.11 Å². The van der Waals surface area contributed by atoms with E-state index in [0.717, 1.165) is 12.1 Å². The second-order valence-electron chi connectivity index (χ2n) is 5.24. The topological polar surface area (TPSA) is 86.1 Å². The molecule has 0 radical (unpaired) electrons. The summed E-state index contributed by atoms with van der Waals surface area (Å²) < 4.78 is 4.77. The molecule has 1 aromatic heterocycles. The van der Waals surface area contributed by atoms with Crippen LogP contribution in [0, 0.1) is 0 Å². The van der Waals surface area contributed by atoms with E-state index in [1.807, 2.05) is 30.3 Å². The van der Waals surface area contributed by atoms with Gasteiger partial charge in [0.2, 0.25) is 0 Å². The molecular weight excluding hydrogens is 284 g/mol. The fraction of sp³-hybridized carbons (Fsp3) is 0.333. The summed E-state index contributed by atoms with van der Waals surface area (Å²) in [5.41, 5.74) is 0.00874. The molecule has 7 heteroatoms. The first-order valence-corrected chi connectivity index (χ1v) is 7.03. The van der Waals surface area contributed by atoms with E-state index in [4.69, 9.17) is 4.74 Å². The average molecular weight is 300 g/mol. The van der Waals surface area contributed by atoms with Gasteiger partial charge >= 0.3 is 5.97 Å². The molecule has 0 bridgehead atoms. The lowest BCUT2D eigenvalue weighted by Gasteiger charge is -2.39. The fourth-order valence-corrected chi connectivity index (χ4v) is 2.44. The molecule has 0 spiro atoms. The number of hydrogen-bond donors (Lipinski definition) is 1. The number of rotatable bonds is 4. The summed E-state index contributed by atoms with van der Waals surface area (Å²) in [6.45, 7) is 0. The van der Waals surface area contributed by atoms with Crippen LogP contribution in [0.15, 0.2) is 36.5 Å². The lowest BCUT2D eigenvalue weighted by atomic mass is 9.76. The monoisotopic (exact) mass is 300 g/mol. The molecule has 114 valence electrons. The van der Waals surface area contributed by atoms with Gasteiger partial charge < -0.3 is 10.1 Å². The van der Waals surface area contributed by atoms with Crippen molar-refractivity contribution in [3.8, 4) is 5.69 Å². The first-order chi connectivity index (χ1) is 10.6. The maximum absolute atomic E-state index is 12.3. The quantitative estimate of drug-likeness (QED) is 0.854. The van der Waals surface area contributed by atoms with Crippen LogP contribution in [0.2, 0.25) is 0 Å². The molecule has 1 aliphatic rings. The molecule has 1 heterocycles. The summed E-state index contributed by atoms with van der Waals surface area (Å²) in [7, 11) is 1.32. The number of amides is 1. The Balaban J connectivity index is 1.76. The van der Waals surface area contributed by atoms with Crippen LogP contribution in [-0.2, 0) is 9.53 Å². The van der Waals surface area contributed by atoms with E-state index in [9.17, 15) is 9.59 Å². The van der Waals surface area contributed by atoms with E-state index in [0.29, 0.717) is 12.8 Å². The van der Waals surface area contributed by atoms with Gasteiger partial charge in [0.15, 0.2) is 5.69 Å². The Morgan fingerprint density at radius 1 is 1.27 bits per heavy atom. The number of hydrogen-bond acceptors (Lipinski definition) is 5. The Hall–Kier alpha value is -2.70. The second kappa shape index (κ2) is 5.59. The highest BCUT2D eigenvalue weighted by molar-refractivity contribution is 5.96. The molecular formula is C15H16N4O3. The van der Waals surface area contributed by atoms with Gasteiger partial charge in [0, 0.05) is 0 Å². The van der Waals surface area contributed by atoms with E-state index >= 15 is 0 Å². The number of aromatic nitrogens is 3. The standard InChI is InChI=1S/C15H16N4O3/c1-22-14(21)15(8-5-9-15)17-13(20)12-10-16-19(18-12)11-6-3-2-4-7-11/h2-4,6-7,10H,5,8-9H2,1H3,(H,17,20). The lowest BCUT2D eigenvalue weighted by molar-refractivity contribution is -0.152. The van der Waals surface area contributed by atoms with E-state index in [1.54, 1.807) is 0 Å². The summed E-state index contributed by atoms with van der Waals surface area (Å²) in [6, 6.07) is 9.28. The van der Waals surface area contributed by atoms with Gasteiger partial charge in [-0.3, -0.25) is 4.79 Å². The van der Waals surface area contributed by atoms with Gasteiger partial charge in [-0.05, 0) is 31.4 Å². The third-order valence-corrected chi connectivity index (χ3v) is 3.85. The van der Waals surface area contributed by atoms with Crippen LogP contribution in [0.5, 0.6) is 0 Å². The van der Waals surface area contributed by atoms with Gasteiger partial charge in [-0.1, -0.05) is 18.2 Å². The van der Waals surface area contributed by atoms with E-state index in [2.05, 4.69) is 15.5 Å². The van der Waals surface area contributed by atoms with Crippen molar-refractivity contribution in [2.24, 2.45) is 0 Å². The highest BCUT2D eigenvalue weighted by Crippen LogP contribution is 2.33. The summed E-state index contributed by atoms with van der Waals surface area (Å²) in [5.74, 6) is -0.838. The van der Waals surface area contributed by atoms with Crippen molar-refractivity contribution in [1.82, 2.24) is 20.3 Å². The first-order valence-electron chi connectivity index (χ1n) is 7.03. The number of benzene rings is 1.